The van der Waals surface area contributed by atoms with Crippen molar-refractivity contribution in [2.24, 2.45) is 0 Å². The lowest BCUT2D eigenvalue weighted by atomic mass is 10.2. The quantitative estimate of drug-likeness (QED) is 0.649. The molecule has 0 aromatic heterocycles. The first-order chi connectivity index (χ1) is 13.3. The fourth-order valence-electron chi connectivity index (χ4n) is 2.83. The monoisotopic (exact) mass is 423 g/mol. The second kappa shape index (κ2) is 8.17. The van der Waals surface area contributed by atoms with Crippen LogP contribution in [-0.4, -0.2) is 42.7 Å². The van der Waals surface area contributed by atoms with E-state index >= 15 is 0 Å². The molecule has 0 saturated carbocycles. The molecule has 1 aliphatic heterocycles. The third kappa shape index (κ3) is 4.11. The van der Waals surface area contributed by atoms with Gasteiger partial charge in [0.05, 0.1) is 10.6 Å². The number of nitrogens with one attached hydrogen (secondary N) is 2. The molecule has 3 N–H and O–H groups in total. The van der Waals surface area contributed by atoms with Crippen LogP contribution < -0.4 is 10.9 Å². The molecular formula is C18H18ClN3O5S. The Morgan fingerprint density at radius 1 is 1.00 bits per heavy atom. The zero-order valence-electron chi connectivity index (χ0n) is 14.7. The summed E-state index contributed by atoms with van der Waals surface area (Å²) in [5.74, 6) is -1.68. The largest absolute Gasteiger partial charge is 0.507 e. The zero-order chi connectivity index (χ0) is 20.3. The zero-order valence-corrected chi connectivity index (χ0v) is 16.3. The number of carbonyl (C=O) groups is 2. The highest BCUT2D eigenvalue weighted by molar-refractivity contribution is 7.89. The molecule has 0 aliphatic carbocycles. The Balaban J connectivity index is 1.76. The first-order valence-electron chi connectivity index (χ1n) is 8.49. The minimum Gasteiger partial charge on any atom is -0.507 e. The van der Waals surface area contributed by atoms with E-state index in [1.165, 1.54) is 34.6 Å². The SMILES string of the molecule is O=C(NNC(=O)c1ccccc1O)c1ccc(Cl)c(S(=O)(=O)N2CCCC2)c1. The lowest BCUT2D eigenvalue weighted by molar-refractivity contribution is 0.0845. The molecular weight excluding hydrogens is 406 g/mol. The summed E-state index contributed by atoms with van der Waals surface area (Å²) >= 11 is 6.05. The Kier molecular flexibility index (Phi) is 5.87. The molecule has 1 heterocycles. The van der Waals surface area contributed by atoms with Gasteiger partial charge in [-0.25, -0.2) is 8.42 Å². The summed E-state index contributed by atoms with van der Waals surface area (Å²) in [5, 5.41) is 9.68. The van der Waals surface area contributed by atoms with Gasteiger partial charge in [-0.05, 0) is 43.2 Å². The lowest BCUT2D eigenvalue weighted by Crippen LogP contribution is -2.41. The van der Waals surface area contributed by atoms with E-state index in [1.54, 1.807) is 12.1 Å². The number of hydrogen-bond donors (Lipinski definition) is 3. The Morgan fingerprint density at radius 2 is 1.64 bits per heavy atom. The molecule has 0 bridgehead atoms. The summed E-state index contributed by atoms with van der Waals surface area (Å²) in [6.45, 7) is 0.817. The number of nitrogens with zero attached hydrogens (tertiary/aromatic N) is 1. The Morgan fingerprint density at radius 3 is 2.32 bits per heavy atom. The molecule has 1 fully saturated rings. The number of halogens is 1. The highest BCUT2D eigenvalue weighted by atomic mass is 35.5. The first kappa shape index (κ1) is 20.1. The standard InChI is InChI=1S/C18H18ClN3O5S/c19-14-8-7-12(11-16(14)28(26,27)22-9-3-4-10-22)17(24)20-21-18(25)13-5-1-2-6-15(13)23/h1-2,5-8,11,23H,3-4,9-10H2,(H,20,24)(H,21,25). The van der Waals surface area contributed by atoms with Gasteiger partial charge in [-0.3, -0.25) is 20.4 Å². The fraction of sp³-hybridized carbons (Fsp3) is 0.222. The summed E-state index contributed by atoms with van der Waals surface area (Å²) in [6.07, 6.45) is 1.55. The molecule has 2 amide bonds. The number of para-hydroxylation sites is 1. The van der Waals surface area contributed by atoms with Crippen LogP contribution in [0.15, 0.2) is 47.4 Å². The molecule has 8 nitrogen and oxygen atoms in total. The summed E-state index contributed by atoms with van der Waals surface area (Å²) in [4.78, 5) is 24.2. The van der Waals surface area contributed by atoms with Crippen LogP contribution >= 0.6 is 11.6 Å². The van der Waals surface area contributed by atoms with E-state index in [1.807, 2.05) is 0 Å². The normalized spacial score (nSPS) is 14.6. The van der Waals surface area contributed by atoms with Crippen LogP contribution in [0.4, 0.5) is 0 Å². The van der Waals surface area contributed by atoms with Gasteiger partial charge in [0.1, 0.15) is 10.6 Å². The van der Waals surface area contributed by atoms with Crippen molar-refractivity contribution >= 4 is 33.4 Å². The van der Waals surface area contributed by atoms with Crippen LogP contribution in [0.25, 0.3) is 0 Å². The van der Waals surface area contributed by atoms with Crippen molar-refractivity contribution in [2.45, 2.75) is 17.7 Å². The Bertz CT molecular complexity index is 1020. The van der Waals surface area contributed by atoms with E-state index in [-0.39, 0.29) is 26.8 Å². The van der Waals surface area contributed by atoms with Crippen molar-refractivity contribution in [3.8, 4) is 5.75 Å². The van der Waals surface area contributed by atoms with Crippen LogP contribution in [-0.2, 0) is 10.0 Å². The molecule has 0 atom stereocenters. The van der Waals surface area contributed by atoms with Crippen molar-refractivity contribution in [1.82, 2.24) is 15.2 Å². The lowest BCUT2D eigenvalue weighted by Gasteiger charge is -2.17. The maximum Gasteiger partial charge on any atom is 0.273 e. The average molecular weight is 424 g/mol. The Hall–Kier alpha value is -2.62. The minimum atomic E-state index is -3.80. The number of sulfonamides is 1. The smallest absolute Gasteiger partial charge is 0.273 e. The van der Waals surface area contributed by atoms with Crippen LogP contribution in [0.5, 0.6) is 5.75 Å². The second-order valence-electron chi connectivity index (χ2n) is 6.18. The fourth-order valence-corrected chi connectivity index (χ4v) is 4.85. The average Bonchev–Trinajstić information content (AvgIpc) is 3.22. The molecule has 3 rings (SSSR count). The van der Waals surface area contributed by atoms with Crippen molar-refractivity contribution in [3.63, 3.8) is 0 Å². The summed E-state index contributed by atoms with van der Waals surface area (Å²) in [6, 6.07) is 9.70. The topological polar surface area (TPSA) is 116 Å². The van der Waals surface area contributed by atoms with Crippen LogP contribution in [0.3, 0.4) is 0 Å². The molecule has 2 aromatic carbocycles. The highest BCUT2D eigenvalue weighted by Gasteiger charge is 2.29. The van der Waals surface area contributed by atoms with Crippen molar-refractivity contribution in [1.29, 1.82) is 0 Å². The van der Waals surface area contributed by atoms with E-state index in [4.69, 9.17) is 11.6 Å². The van der Waals surface area contributed by atoms with Gasteiger partial charge in [0.15, 0.2) is 0 Å². The summed E-state index contributed by atoms with van der Waals surface area (Å²) < 4.78 is 26.8. The number of phenols is 1. The van der Waals surface area contributed by atoms with E-state index in [0.717, 1.165) is 12.8 Å². The molecule has 28 heavy (non-hydrogen) atoms. The van der Waals surface area contributed by atoms with Gasteiger partial charge in [0.2, 0.25) is 10.0 Å². The van der Waals surface area contributed by atoms with Gasteiger partial charge in [-0.15, -0.1) is 0 Å². The molecule has 0 spiro atoms. The number of hydrazine groups is 1. The number of phenolic OH excluding ortho intramolecular Hbond substituents is 1. The number of aromatic hydroxyl groups is 1. The maximum atomic E-state index is 12.7. The van der Waals surface area contributed by atoms with Gasteiger partial charge in [-0.2, -0.15) is 4.31 Å². The number of rotatable bonds is 4. The van der Waals surface area contributed by atoms with Crippen molar-refractivity contribution in [2.75, 3.05) is 13.1 Å². The third-order valence-electron chi connectivity index (χ3n) is 4.31. The molecule has 0 radical (unpaired) electrons. The van der Waals surface area contributed by atoms with Crippen molar-refractivity contribution < 1.29 is 23.1 Å². The number of hydrogen-bond acceptors (Lipinski definition) is 5. The van der Waals surface area contributed by atoms with Gasteiger partial charge in [-0.1, -0.05) is 23.7 Å². The van der Waals surface area contributed by atoms with Gasteiger partial charge >= 0.3 is 0 Å². The Labute approximate surface area is 167 Å². The predicted octanol–water partition coefficient (Wildman–Crippen LogP) is 1.90. The van der Waals surface area contributed by atoms with E-state index < -0.39 is 21.8 Å². The van der Waals surface area contributed by atoms with E-state index in [0.29, 0.717) is 13.1 Å². The van der Waals surface area contributed by atoms with E-state index in [2.05, 4.69) is 10.9 Å². The maximum absolute atomic E-state index is 12.7. The number of benzene rings is 2. The molecule has 1 aliphatic rings. The van der Waals surface area contributed by atoms with Crippen LogP contribution in [0.2, 0.25) is 5.02 Å². The third-order valence-corrected chi connectivity index (χ3v) is 6.69. The number of amides is 2. The predicted molar refractivity (Wildman–Crippen MR) is 102 cm³/mol. The first-order valence-corrected chi connectivity index (χ1v) is 10.3. The highest BCUT2D eigenvalue weighted by Crippen LogP contribution is 2.28. The summed E-state index contributed by atoms with van der Waals surface area (Å²) in [7, 11) is -3.80. The molecule has 2 aromatic rings. The molecule has 0 unspecified atom stereocenters. The summed E-state index contributed by atoms with van der Waals surface area (Å²) in [5.41, 5.74) is 4.36. The molecule has 1 saturated heterocycles. The van der Waals surface area contributed by atoms with E-state index in [9.17, 15) is 23.1 Å². The number of carbonyl (C=O) groups excluding carboxylic acids is 2. The minimum absolute atomic E-state index is 0.0137. The van der Waals surface area contributed by atoms with Gasteiger partial charge in [0.25, 0.3) is 11.8 Å². The van der Waals surface area contributed by atoms with Crippen molar-refractivity contribution in [3.05, 3.63) is 58.6 Å². The van der Waals surface area contributed by atoms with Crippen LogP contribution in [0.1, 0.15) is 33.6 Å². The van der Waals surface area contributed by atoms with Gasteiger partial charge in [0, 0.05) is 18.7 Å². The second-order valence-corrected chi connectivity index (χ2v) is 8.50. The van der Waals surface area contributed by atoms with Crippen LogP contribution in [0, 0.1) is 0 Å². The van der Waals surface area contributed by atoms with Gasteiger partial charge < -0.3 is 5.11 Å². The molecule has 10 heteroatoms. The molecule has 148 valence electrons.